The van der Waals surface area contributed by atoms with E-state index in [4.69, 9.17) is 4.74 Å². The molecule has 0 spiro atoms. The first-order chi connectivity index (χ1) is 8.66. The van der Waals surface area contributed by atoms with Gasteiger partial charge in [0.1, 0.15) is 5.82 Å². The molecular formula is C14H17IN2O. The number of benzene rings is 1. The highest BCUT2D eigenvalue weighted by molar-refractivity contribution is 14.1. The standard InChI is InChI=1S/C14H17IN2O/c1-11(2)18-9-8-17-7-6-16-14(17)12-4-3-5-13(15)10-12/h3-7,10-11H,8-9H2,1-2H3. The Balaban J connectivity index is 2.12. The zero-order chi connectivity index (χ0) is 13.0. The lowest BCUT2D eigenvalue weighted by molar-refractivity contribution is 0.0729. The first kappa shape index (κ1) is 13.5. The molecule has 0 radical (unpaired) electrons. The average Bonchev–Trinajstić information content (AvgIpc) is 2.77. The fraction of sp³-hybridized carbons (Fsp3) is 0.357. The summed E-state index contributed by atoms with van der Waals surface area (Å²) in [5.41, 5.74) is 1.15. The van der Waals surface area contributed by atoms with Gasteiger partial charge in [0.15, 0.2) is 0 Å². The van der Waals surface area contributed by atoms with Crippen molar-refractivity contribution in [2.45, 2.75) is 26.5 Å². The Morgan fingerprint density at radius 2 is 2.22 bits per heavy atom. The normalized spacial score (nSPS) is 11.1. The number of ether oxygens (including phenoxy) is 1. The van der Waals surface area contributed by atoms with Crippen molar-refractivity contribution >= 4 is 22.6 Å². The van der Waals surface area contributed by atoms with E-state index >= 15 is 0 Å². The molecule has 0 amide bonds. The van der Waals surface area contributed by atoms with Crippen LogP contribution in [0.5, 0.6) is 0 Å². The quantitative estimate of drug-likeness (QED) is 0.766. The predicted octanol–water partition coefficient (Wildman–Crippen LogP) is 3.58. The first-order valence-corrected chi connectivity index (χ1v) is 7.13. The summed E-state index contributed by atoms with van der Waals surface area (Å²) in [7, 11) is 0. The number of hydrogen-bond donors (Lipinski definition) is 0. The van der Waals surface area contributed by atoms with Gasteiger partial charge in [-0.05, 0) is 48.6 Å². The molecule has 96 valence electrons. The molecule has 0 saturated heterocycles. The smallest absolute Gasteiger partial charge is 0.139 e. The Bertz CT molecular complexity index is 508. The average molecular weight is 356 g/mol. The zero-order valence-corrected chi connectivity index (χ0v) is 12.8. The van der Waals surface area contributed by atoms with E-state index in [2.05, 4.69) is 56.4 Å². The highest BCUT2D eigenvalue weighted by Crippen LogP contribution is 2.19. The SMILES string of the molecule is CC(C)OCCn1ccnc1-c1cccc(I)c1. The molecule has 0 aliphatic carbocycles. The van der Waals surface area contributed by atoms with Crippen LogP contribution in [0.3, 0.4) is 0 Å². The lowest BCUT2D eigenvalue weighted by Gasteiger charge is -2.10. The molecule has 3 nitrogen and oxygen atoms in total. The molecule has 1 aromatic carbocycles. The number of rotatable bonds is 5. The summed E-state index contributed by atoms with van der Waals surface area (Å²) < 4.78 is 8.93. The molecule has 0 fully saturated rings. The van der Waals surface area contributed by atoms with E-state index in [1.165, 1.54) is 3.57 Å². The second kappa shape index (κ2) is 6.33. The fourth-order valence-electron chi connectivity index (χ4n) is 1.76. The maximum atomic E-state index is 5.58. The van der Waals surface area contributed by atoms with Gasteiger partial charge in [-0.2, -0.15) is 0 Å². The van der Waals surface area contributed by atoms with Gasteiger partial charge < -0.3 is 9.30 Å². The highest BCUT2D eigenvalue weighted by atomic mass is 127. The summed E-state index contributed by atoms with van der Waals surface area (Å²) in [4.78, 5) is 4.43. The summed E-state index contributed by atoms with van der Waals surface area (Å²) in [5, 5.41) is 0. The Morgan fingerprint density at radius 1 is 1.39 bits per heavy atom. The molecule has 0 aliphatic rings. The Morgan fingerprint density at radius 3 is 2.94 bits per heavy atom. The lowest BCUT2D eigenvalue weighted by Crippen LogP contribution is -2.10. The number of nitrogens with zero attached hydrogens (tertiary/aromatic N) is 2. The maximum absolute atomic E-state index is 5.58. The van der Waals surface area contributed by atoms with Crippen LogP contribution in [0, 0.1) is 3.57 Å². The molecule has 0 unspecified atom stereocenters. The second-order valence-electron chi connectivity index (χ2n) is 4.37. The monoisotopic (exact) mass is 356 g/mol. The first-order valence-electron chi connectivity index (χ1n) is 6.05. The van der Waals surface area contributed by atoms with E-state index in [-0.39, 0.29) is 6.10 Å². The Labute approximate surface area is 121 Å². The van der Waals surface area contributed by atoms with Gasteiger partial charge >= 0.3 is 0 Å². The van der Waals surface area contributed by atoms with Crippen LogP contribution >= 0.6 is 22.6 Å². The molecule has 1 heterocycles. The minimum Gasteiger partial charge on any atom is -0.377 e. The van der Waals surface area contributed by atoms with Gasteiger partial charge in [-0.1, -0.05) is 12.1 Å². The van der Waals surface area contributed by atoms with Crippen molar-refractivity contribution in [2.75, 3.05) is 6.61 Å². The molecule has 2 rings (SSSR count). The van der Waals surface area contributed by atoms with E-state index < -0.39 is 0 Å². The molecule has 4 heteroatoms. The van der Waals surface area contributed by atoms with Crippen LogP contribution in [0.4, 0.5) is 0 Å². The summed E-state index contributed by atoms with van der Waals surface area (Å²) in [6, 6.07) is 8.37. The van der Waals surface area contributed by atoms with Crippen LogP contribution < -0.4 is 0 Å². The third-order valence-corrected chi connectivity index (χ3v) is 3.25. The Kier molecular flexibility index (Phi) is 4.77. The minimum atomic E-state index is 0.273. The van der Waals surface area contributed by atoms with E-state index in [0.29, 0.717) is 6.61 Å². The van der Waals surface area contributed by atoms with E-state index in [9.17, 15) is 0 Å². The van der Waals surface area contributed by atoms with Gasteiger partial charge in [0.05, 0.1) is 12.7 Å². The van der Waals surface area contributed by atoms with Gasteiger partial charge in [-0.3, -0.25) is 0 Å². The van der Waals surface area contributed by atoms with E-state index in [0.717, 1.165) is 17.9 Å². The summed E-state index contributed by atoms with van der Waals surface area (Å²) in [6.45, 7) is 5.65. The van der Waals surface area contributed by atoms with Crippen molar-refractivity contribution in [1.82, 2.24) is 9.55 Å². The molecule has 0 saturated carbocycles. The van der Waals surface area contributed by atoms with E-state index in [1.807, 2.05) is 26.2 Å². The highest BCUT2D eigenvalue weighted by Gasteiger charge is 2.06. The van der Waals surface area contributed by atoms with Crippen molar-refractivity contribution < 1.29 is 4.74 Å². The maximum Gasteiger partial charge on any atom is 0.139 e. The number of halogens is 1. The third-order valence-electron chi connectivity index (χ3n) is 2.58. The van der Waals surface area contributed by atoms with Crippen LogP contribution in [0.15, 0.2) is 36.7 Å². The lowest BCUT2D eigenvalue weighted by atomic mass is 10.2. The fourth-order valence-corrected chi connectivity index (χ4v) is 2.31. The summed E-state index contributed by atoms with van der Waals surface area (Å²) >= 11 is 2.32. The van der Waals surface area contributed by atoms with Crippen molar-refractivity contribution in [3.63, 3.8) is 0 Å². The van der Waals surface area contributed by atoms with Crippen molar-refractivity contribution in [3.05, 3.63) is 40.2 Å². The van der Waals surface area contributed by atoms with Gasteiger partial charge in [-0.25, -0.2) is 4.98 Å². The van der Waals surface area contributed by atoms with Crippen LogP contribution in [0.25, 0.3) is 11.4 Å². The van der Waals surface area contributed by atoms with Gasteiger partial charge in [0.25, 0.3) is 0 Å². The summed E-state index contributed by atoms with van der Waals surface area (Å²) in [5.74, 6) is 1.00. The molecule has 0 N–H and O–H groups in total. The molecule has 2 aromatic rings. The predicted molar refractivity (Wildman–Crippen MR) is 81.5 cm³/mol. The molecular weight excluding hydrogens is 339 g/mol. The molecule has 18 heavy (non-hydrogen) atoms. The number of imidazole rings is 1. The molecule has 0 bridgehead atoms. The third kappa shape index (κ3) is 3.55. The number of hydrogen-bond acceptors (Lipinski definition) is 2. The van der Waals surface area contributed by atoms with Crippen molar-refractivity contribution in [1.29, 1.82) is 0 Å². The summed E-state index contributed by atoms with van der Waals surface area (Å²) in [6.07, 6.45) is 4.11. The molecule has 1 aromatic heterocycles. The zero-order valence-electron chi connectivity index (χ0n) is 10.6. The van der Waals surface area contributed by atoms with Crippen molar-refractivity contribution in [3.8, 4) is 11.4 Å². The van der Waals surface area contributed by atoms with Crippen LogP contribution in [0.1, 0.15) is 13.8 Å². The van der Waals surface area contributed by atoms with Gasteiger partial charge in [-0.15, -0.1) is 0 Å². The molecule has 0 atom stereocenters. The van der Waals surface area contributed by atoms with Crippen LogP contribution in [0.2, 0.25) is 0 Å². The van der Waals surface area contributed by atoms with Gasteiger partial charge in [0, 0.05) is 28.1 Å². The van der Waals surface area contributed by atoms with Crippen LogP contribution in [-0.4, -0.2) is 22.3 Å². The largest absolute Gasteiger partial charge is 0.377 e. The van der Waals surface area contributed by atoms with Gasteiger partial charge in [0.2, 0.25) is 0 Å². The topological polar surface area (TPSA) is 27.1 Å². The van der Waals surface area contributed by atoms with E-state index in [1.54, 1.807) is 0 Å². The molecule has 0 aliphatic heterocycles. The second-order valence-corrected chi connectivity index (χ2v) is 5.62. The van der Waals surface area contributed by atoms with Crippen molar-refractivity contribution in [2.24, 2.45) is 0 Å². The number of aromatic nitrogens is 2. The Hall–Kier alpha value is -0.880. The van der Waals surface area contributed by atoms with Crippen LogP contribution in [-0.2, 0) is 11.3 Å². The minimum absolute atomic E-state index is 0.273.